The molecule has 0 aromatic rings. The molecule has 62 valence electrons. The highest BCUT2D eigenvalue weighted by molar-refractivity contribution is 8.00. The van der Waals surface area contributed by atoms with Crippen LogP contribution in [0, 0.1) is 4.91 Å². The van der Waals surface area contributed by atoms with Gasteiger partial charge in [-0.1, -0.05) is 0 Å². The Bertz CT molecular complexity index is 187. The Morgan fingerprint density at radius 2 is 2.45 bits per heavy atom. The van der Waals surface area contributed by atoms with Gasteiger partial charge in [0.1, 0.15) is 0 Å². The number of nitrogens with zero attached hydrogens (tertiary/aromatic N) is 2. The molecule has 0 saturated carbocycles. The fraction of sp³-hybridized carbons (Fsp3) is 0.800. The van der Waals surface area contributed by atoms with E-state index in [1.807, 2.05) is 0 Å². The van der Waals surface area contributed by atoms with Crippen LogP contribution in [0.15, 0.2) is 5.29 Å². The van der Waals surface area contributed by atoms with Crippen molar-refractivity contribution < 1.29 is 9.90 Å². The lowest BCUT2D eigenvalue weighted by atomic mass is 10.3. The van der Waals surface area contributed by atoms with Gasteiger partial charge in [-0.2, -0.15) is 0 Å². The molecule has 0 radical (unpaired) electrons. The highest BCUT2D eigenvalue weighted by Gasteiger charge is 2.36. The molecule has 0 amide bonds. The van der Waals surface area contributed by atoms with Crippen LogP contribution in [-0.4, -0.2) is 33.3 Å². The second kappa shape index (κ2) is 3.08. The highest BCUT2D eigenvalue weighted by Crippen LogP contribution is 2.28. The molecule has 6 heteroatoms. The molecule has 0 aromatic carbocycles. The Morgan fingerprint density at radius 1 is 1.82 bits per heavy atom. The number of carbonyl (C=O) groups is 1. The van der Waals surface area contributed by atoms with Crippen LogP contribution < -0.4 is 0 Å². The fourth-order valence-corrected chi connectivity index (χ4v) is 2.04. The molecule has 2 unspecified atom stereocenters. The van der Waals surface area contributed by atoms with E-state index in [1.165, 1.54) is 11.8 Å². The first-order valence-corrected chi connectivity index (χ1v) is 4.17. The first kappa shape index (κ1) is 8.32. The molecule has 1 fully saturated rings. The second-order valence-corrected chi connectivity index (χ2v) is 3.60. The van der Waals surface area contributed by atoms with E-state index in [2.05, 4.69) is 5.29 Å². The first-order chi connectivity index (χ1) is 5.16. The number of aliphatic carboxylic acids is 1. The van der Waals surface area contributed by atoms with Gasteiger partial charge in [0.2, 0.25) is 0 Å². The molecule has 1 heterocycles. The first-order valence-electron chi connectivity index (χ1n) is 3.13. The van der Waals surface area contributed by atoms with Crippen LogP contribution in [0.1, 0.15) is 6.92 Å². The largest absolute Gasteiger partial charge is 0.480 e. The molecule has 0 bridgehead atoms. The predicted octanol–water partition coefficient (Wildman–Crippen LogP) is 0.516. The van der Waals surface area contributed by atoms with Gasteiger partial charge in [-0.25, -0.2) is 9.80 Å². The van der Waals surface area contributed by atoms with Crippen molar-refractivity contribution >= 4 is 17.7 Å². The average Bonchev–Trinajstić information content (AvgIpc) is 2.30. The number of hydrogen-bond acceptors (Lipinski definition) is 4. The monoisotopic (exact) mass is 176 g/mol. The van der Waals surface area contributed by atoms with E-state index >= 15 is 0 Å². The van der Waals surface area contributed by atoms with Gasteiger partial charge < -0.3 is 5.11 Å². The van der Waals surface area contributed by atoms with Gasteiger partial charge in [-0.3, -0.25) is 0 Å². The smallest absolute Gasteiger partial charge is 0.329 e. The zero-order chi connectivity index (χ0) is 8.43. The predicted molar refractivity (Wildman–Crippen MR) is 41.0 cm³/mol. The Balaban J connectivity index is 2.68. The van der Waals surface area contributed by atoms with E-state index < -0.39 is 12.0 Å². The summed E-state index contributed by atoms with van der Waals surface area (Å²) in [5.74, 6) is -0.552. The molecule has 1 rings (SSSR count). The summed E-state index contributed by atoms with van der Waals surface area (Å²) in [4.78, 5) is 20.6. The third-order valence-electron chi connectivity index (χ3n) is 1.57. The second-order valence-electron chi connectivity index (χ2n) is 2.25. The Labute approximate surface area is 67.7 Å². The van der Waals surface area contributed by atoms with E-state index in [-0.39, 0.29) is 5.37 Å². The zero-order valence-corrected chi connectivity index (χ0v) is 6.74. The van der Waals surface area contributed by atoms with E-state index in [0.29, 0.717) is 5.75 Å². The van der Waals surface area contributed by atoms with E-state index in [4.69, 9.17) is 5.11 Å². The van der Waals surface area contributed by atoms with Crippen LogP contribution >= 0.6 is 11.8 Å². The average molecular weight is 176 g/mol. The summed E-state index contributed by atoms with van der Waals surface area (Å²) in [5, 5.41) is 12.2. The van der Waals surface area contributed by atoms with Crippen LogP contribution in [0.4, 0.5) is 0 Å². The van der Waals surface area contributed by atoms with Crippen molar-refractivity contribution in [2.45, 2.75) is 18.3 Å². The summed E-state index contributed by atoms with van der Waals surface area (Å²) in [6.45, 7) is 1.76. The van der Waals surface area contributed by atoms with Crippen molar-refractivity contribution in [1.82, 2.24) is 5.01 Å². The van der Waals surface area contributed by atoms with Gasteiger partial charge in [0.15, 0.2) is 6.04 Å². The van der Waals surface area contributed by atoms with Crippen molar-refractivity contribution in [3.8, 4) is 0 Å². The van der Waals surface area contributed by atoms with Crippen molar-refractivity contribution in [1.29, 1.82) is 0 Å². The molecule has 1 N–H and O–H groups in total. The number of hydrogen-bond donors (Lipinski definition) is 1. The van der Waals surface area contributed by atoms with Gasteiger partial charge in [-0.15, -0.1) is 16.7 Å². The van der Waals surface area contributed by atoms with Crippen LogP contribution in [0.5, 0.6) is 0 Å². The van der Waals surface area contributed by atoms with Gasteiger partial charge in [0, 0.05) is 5.75 Å². The number of carboxylic acids is 1. The number of rotatable bonds is 2. The minimum Gasteiger partial charge on any atom is -0.480 e. The SMILES string of the molecule is CC1SCC(C(=O)O)N1N=O. The van der Waals surface area contributed by atoms with Gasteiger partial charge in [0.05, 0.1) is 10.7 Å². The van der Waals surface area contributed by atoms with Gasteiger partial charge in [0.25, 0.3) is 0 Å². The third-order valence-corrected chi connectivity index (χ3v) is 2.77. The van der Waals surface area contributed by atoms with E-state index in [9.17, 15) is 9.70 Å². The zero-order valence-electron chi connectivity index (χ0n) is 5.93. The van der Waals surface area contributed by atoms with Crippen LogP contribution in [0.25, 0.3) is 0 Å². The van der Waals surface area contributed by atoms with Crippen molar-refractivity contribution in [3.63, 3.8) is 0 Å². The maximum atomic E-state index is 10.5. The summed E-state index contributed by atoms with van der Waals surface area (Å²) < 4.78 is 0. The Morgan fingerprint density at radius 3 is 2.82 bits per heavy atom. The normalized spacial score (nSPS) is 30.5. The van der Waals surface area contributed by atoms with Crippen LogP contribution in [0.2, 0.25) is 0 Å². The Kier molecular flexibility index (Phi) is 2.33. The van der Waals surface area contributed by atoms with Crippen molar-refractivity contribution in [3.05, 3.63) is 4.91 Å². The van der Waals surface area contributed by atoms with Crippen molar-refractivity contribution in [2.75, 3.05) is 5.75 Å². The Hall–Kier alpha value is -0.780. The number of nitroso groups, excluding NO2 is 1. The van der Waals surface area contributed by atoms with Gasteiger partial charge >= 0.3 is 5.97 Å². The summed E-state index contributed by atoms with van der Waals surface area (Å²) in [6.07, 6.45) is 0. The number of carboxylic acid groups (broad SMARTS) is 1. The van der Waals surface area contributed by atoms with Gasteiger partial charge in [-0.05, 0) is 6.92 Å². The maximum Gasteiger partial charge on any atom is 0.329 e. The molecule has 1 aliphatic heterocycles. The molecule has 0 aliphatic carbocycles. The molecule has 1 saturated heterocycles. The standard InChI is InChI=1S/C5H8N2O3S/c1-3-7(6-10)4(2-11-3)5(8)9/h3-4H,2H2,1H3,(H,8,9). The molecule has 2 atom stereocenters. The molecule has 5 nitrogen and oxygen atoms in total. The van der Waals surface area contributed by atoms with E-state index in [1.54, 1.807) is 6.92 Å². The molecular formula is C5H8N2O3S. The molecule has 0 spiro atoms. The molecular weight excluding hydrogens is 168 g/mol. The van der Waals surface area contributed by atoms with Crippen molar-refractivity contribution in [2.24, 2.45) is 5.29 Å². The lowest BCUT2D eigenvalue weighted by Crippen LogP contribution is -2.36. The summed E-state index contributed by atoms with van der Waals surface area (Å²) in [5.41, 5.74) is 0. The molecule has 0 aromatic heterocycles. The number of thioether (sulfide) groups is 1. The third kappa shape index (κ3) is 1.45. The lowest BCUT2D eigenvalue weighted by Gasteiger charge is -2.15. The minimum absolute atomic E-state index is 0.117. The molecule has 1 aliphatic rings. The summed E-state index contributed by atoms with van der Waals surface area (Å²) in [7, 11) is 0. The minimum atomic E-state index is -0.985. The van der Waals surface area contributed by atoms with Crippen LogP contribution in [0.3, 0.4) is 0 Å². The maximum absolute atomic E-state index is 10.5. The quantitative estimate of drug-likeness (QED) is 0.621. The summed E-state index contributed by atoms with van der Waals surface area (Å²) >= 11 is 1.42. The summed E-state index contributed by atoms with van der Waals surface area (Å²) in [6, 6.07) is -0.743. The highest BCUT2D eigenvalue weighted by atomic mass is 32.2. The lowest BCUT2D eigenvalue weighted by molar-refractivity contribution is -0.142. The fourth-order valence-electron chi connectivity index (χ4n) is 0.944. The van der Waals surface area contributed by atoms with E-state index in [0.717, 1.165) is 5.01 Å². The van der Waals surface area contributed by atoms with Crippen LogP contribution in [-0.2, 0) is 4.79 Å². The molecule has 11 heavy (non-hydrogen) atoms. The topological polar surface area (TPSA) is 70.0 Å².